The molecule has 3 heteroatoms. The summed E-state index contributed by atoms with van der Waals surface area (Å²) in [4.78, 5) is 4.82. The van der Waals surface area contributed by atoms with Gasteiger partial charge in [0, 0.05) is 44.1 Å². The summed E-state index contributed by atoms with van der Waals surface area (Å²) in [5.41, 5.74) is 8.60. The van der Waals surface area contributed by atoms with Crippen LogP contribution in [-0.4, -0.2) is 9.55 Å². The van der Waals surface area contributed by atoms with Crippen molar-refractivity contribution in [2.45, 2.75) is 0 Å². The first-order valence-electron chi connectivity index (χ1n) is 13.6. The molecule has 9 aromatic rings. The summed E-state index contributed by atoms with van der Waals surface area (Å²) in [5, 5.41) is 8.22. The topological polar surface area (TPSA) is 31.0 Å². The summed E-state index contributed by atoms with van der Waals surface area (Å²) in [6, 6.07) is 45.2. The average Bonchev–Trinajstić information content (AvgIpc) is 3.56. The molecule has 0 saturated heterocycles. The molecule has 3 heterocycles. The molecule has 0 aliphatic heterocycles. The molecule has 9 rings (SSSR count). The molecule has 0 bridgehead atoms. The second-order valence-electron chi connectivity index (χ2n) is 10.4. The number of fused-ring (bicyclic) bond motifs is 9. The van der Waals surface area contributed by atoms with Gasteiger partial charge in [-0.2, -0.15) is 0 Å². The standard InChI is InChI=1S/C37H22N2O/c1-3-14-31-27(10-1)30-22-25(26-12-6-13-29-28-11-2-4-16-34(28)40-37(26)29)19-20-32(30)39(31)33-15-5-8-23-17-18-24-9-7-21-38-36(24)35(23)33/h1-22H. The van der Waals surface area contributed by atoms with Crippen LogP contribution in [0.1, 0.15) is 0 Å². The Bertz CT molecular complexity index is 2440. The molecule has 0 amide bonds. The van der Waals surface area contributed by atoms with E-state index in [4.69, 9.17) is 9.40 Å². The molecular weight excluding hydrogens is 488 g/mol. The molecule has 3 nitrogen and oxygen atoms in total. The minimum Gasteiger partial charge on any atom is -0.455 e. The number of para-hydroxylation sites is 3. The molecule has 0 saturated carbocycles. The van der Waals surface area contributed by atoms with Crippen LogP contribution in [0.3, 0.4) is 0 Å². The summed E-state index contributed by atoms with van der Waals surface area (Å²) in [6.07, 6.45) is 1.88. The Morgan fingerprint density at radius 3 is 2.30 bits per heavy atom. The maximum absolute atomic E-state index is 6.39. The van der Waals surface area contributed by atoms with Crippen molar-refractivity contribution in [2.24, 2.45) is 0 Å². The van der Waals surface area contributed by atoms with Gasteiger partial charge in [0.15, 0.2) is 0 Å². The number of aromatic nitrogens is 2. The lowest BCUT2D eigenvalue weighted by molar-refractivity contribution is 0.670. The molecular formula is C37H22N2O. The molecule has 0 fully saturated rings. The van der Waals surface area contributed by atoms with Crippen LogP contribution in [0.5, 0.6) is 0 Å². The van der Waals surface area contributed by atoms with Gasteiger partial charge in [0.2, 0.25) is 0 Å². The normalized spacial score (nSPS) is 12.0. The smallest absolute Gasteiger partial charge is 0.143 e. The molecule has 0 aliphatic carbocycles. The predicted octanol–water partition coefficient (Wildman–Crippen LogP) is 10.1. The van der Waals surface area contributed by atoms with Gasteiger partial charge < -0.3 is 8.98 Å². The fourth-order valence-corrected chi connectivity index (χ4v) is 6.46. The number of hydrogen-bond acceptors (Lipinski definition) is 2. The van der Waals surface area contributed by atoms with Crippen LogP contribution in [0.2, 0.25) is 0 Å². The lowest BCUT2D eigenvalue weighted by atomic mass is 10.0. The van der Waals surface area contributed by atoms with Crippen LogP contribution in [0.25, 0.3) is 82.2 Å². The van der Waals surface area contributed by atoms with Crippen LogP contribution in [0.15, 0.2) is 138 Å². The zero-order valence-corrected chi connectivity index (χ0v) is 21.5. The quantitative estimate of drug-likeness (QED) is 0.217. The van der Waals surface area contributed by atoms with Gasteiger partial charge in [-0.25, -0.2) is 0 Å². The van der Waals surface area contributed by atoms with E-state index < -0.39 is 0 Å². The van der Waals surface area contributed by atoms with Gasteiger partial charge in [0.05, 0.1) is 22.2 Å². The highest BCUT2D eigenvalue weighted by Crippen LogP contribution is 2.40. The molecule has 3 aromatic heterocycles. The first-order chi connectivity index (χ1) is 19.8. The second kappa shape index (κ2) is 8.05. The Hall–Kier alpha value is -5.41. The zero-order chi connectivity index (χ0) is 26.2. The molecule has 40 heavy (non-hydrogen) atoms. The predicted molar refractivity (Wildman–Crippen MR) is 166 cm³/mol. The SMILES string of the molecule is c1cnc2c(c1)ccc1cccc(-n3c4ccccc4c4cc(-c5cccc6c5oc5ccccc56)ccc43)c12. The van der Waals surface area contributed by atoms with Gasteiger partial charge >= 0.3 is 0 Å². The Kier molecular flexibility index (Phi) is 4.33. The summed E-state index contributed by atoms with van der Waals surface area (Å²) >= 11 is 0. The van der Waals surface area contributed by atoms with E-state index in [1.54, 1.807) is 0 Å². The number of hydrogen-bond donors (Lipinski definition) is 0. The van der Waals surface area contributed by atoms with Crippen LogP contribution >= 0.6 is 0 Å². The molecule has 0 radical (unpaired) electrons. The van der Waals surface area contributed by atoms with Gasteiger partial charge in [0.25, 0.3) is 0 Å². The summed E-state index contributed by atoms with van der Waals surface area (Å²) in [7, 11) is 0. The molecule has 0 atom stereocenters. The summed E-state index contributed by atoms with van der Waals surface area (Å²) in [5.74, 6) is 0. The van der Waals surface area contributed by atoms with Gasteiger partial charge in [-0.1, -0.05) is 91.0 Å². The van der Waals surface area contributed by atoms with E-state index in [0.29, 0.717) is 0 Å². The van der Waals surface area contributed by atoms with Gasteiger partial charge in [-0.05, 0) is 47.3 Å². The Morgan fingerprint density at radius 2 is 1.32 bits per heavy atom. The minimum absolute atomic E-state index is 0.916. The lowest BCUT2D eigenvalue weighted by Gasteiger charge is -2.13. The van der Waals surface area contributed by atoms with E-state index in [1.807, 2.05) is 24.4 Å². The Balaban J connectivity index is 1.36. The molecule has 0 N–H and O–H groups in total. The maximum Gasteiger partial charge on any atom is 0.143 e. The Labute approximate surface area is 229 Å². The number of nitrogens with zero attached hydrogens (tertiary/aromatic N) is 2. The van der Waals surface area contributed by atoms with E-state index in [1.165, 1.54) is 32.6 Å². The van der Waals surface area contributed by atoms with Crippen LogP contribution < -0.4 is 0 Å². The fraction of sp³-hybridized carbons (Fsp3) is 0. The molecule has 0 unspecified atom stereocenters. The number of pyridine rings is 1. The third kappa shape index (κ3) is 2.92. The number of furan rings is 1. The van der Waals surface area contributed by atoms with Crippen molar-refractivity contribution >= 4 is 65.4 Å². The van der Waals surface area contributed by atoms with Crippen LogP contribution in [0, 0.1) is 0 Å². The largest absolute Gasteiger partial charge is 0.455 e. The van der Waals surface area contributed by atoms with Crippen molar-refractivity contribution in [2.75, 3.05) is 0 Å². The number of benzene rings is 6. The fourth-order valence-electron chi connectivity index (χ4n) is 6.46. The van der Waals surface area contributed by atoms with E-state index >= 15 is 0 Å². The van der Waals surface area contributed by atoms with E-state index in [9.17, 15) is 0 Å². The van der Waals surface area contributed by atoms with Crippen molar-refractivity contribution in [1.29, 1.82) is 0 Å². The molecule has 186 valence electrons. The maximum atomic E-state index is 6.39. The van der Waals surface area contributed by atoms with Gasteiger partial charge in [-0.15, -0.1) is 0 Å². The molecule has 0 spiro atoms. The van der Waals surface area contributed by atoms with Crippen LogP contribution in [-0.2, 0) is 0 Å². The minimum atomic E-state index is 0.916. The first kappa shape index (κ1) is 21.5. The first-order valence-corrected chi connectivity index (χ1v) is 13.6. The van der Waals surface area contributed by atoms with Crippen molar-refractivity contribution < 1.29 is 4.42 Å². The average molecular weight is 511 g/mol. The monoisotopic (exact) mass is 510 g/mol. The van der Waals surface area contributed by atoms with Crippen molar-refractivity contribution in [3.05, 3.63) is 134 Å². The Morgan fingerprint density at radius 1 is 0.550 bits per heavy atom. The highest BCUT2D eigenvalue weighted by atomic mass is 16.3. The second-order valence-corrected chi connectivity index (χ2v) is 10.4. The highest BCUT2D eigenvalue weighted by molar-refractivity contribution is 6.16. The highest BCUT2D eigenvalue weighted by Gasteiger charge is 2.18. The van der Waals surface area contributed by atoms with Crippen molar-refractivity contribution in [3.8, 4) is 16.8 Å². The van der Waals surface area contributed by atoms with Gasteiger partial charge in [-0.3, -0.25) is 4.98 Å². The van der Waals surface area contributed by atoms with E-state index in [0.717, 1.165) is 49.7 Å². The van der Waals surface area contributed by atoms with Crippen molar-refractivity contribution in [3.63, 3.8) is 0 Å². The summed E-state index contributed by atoms with van der Waals surface area (Å²) < 4.78 is 8.78. The number of rotatable bonds is 2. The third-order valence-corrected chi connectivity index (χ3v) is 8.22. The van der Waals surface area contributed by atoms with E-state index in [-0.39, 0.29) is 0 Å². The van der Waals surface area contributed by atoms with Gasteiger partial charge in [0.1, 0.15) is 11.2 Å². The van der Waals surface area contributed by atoms with Crippen molar-refractivity contribution in [1.82, 2.24) is 9.55 Å². The summed E-state index contributed by atoms with van der Waals surface area (Å²) in [6.45, 7) is 0. The third-order valence-electron chi connectivity index (χ3n) is 8.22. The molecule has 6 aromatic carbocycles. The lowest BCUT2D eigenvalue weighted by Crippen LogP contribution is -1.96. The van der Waals surface area contributed by atoms with E-state index in [2.05, 4.69) is 114 Å². The molecule has 0 aliphatic rings. The zero-order valence-electron chi connectivity index (χ0n) is 21.5. The van der Waals surface area contributed by atoms with Crippen LogP contribution in [0.4, 0.5) is 0 Å².